The number of anilines is 1. The summed E-state index contributed by atoms with van der Waals surface area (Å²) in [6.07, 6.45) is 6.35. The molecule has 0 bridgehead atoms. The normalized spacial score (nSPS) is 35.5. The van der Waals surface area contributed by atoms with Crippen LogP contribution in [0, 0.1) is 17.3 Å². The lowest BCUT2D eigenvalue weighted by Gasteiger charge is -2.55. The Morgan fingerprint density at radius 3 is 2.51 bits per heavy atom. The van der Waals surface area contributed by atoms with Crippen molar-refractivity contribution in [2.45, 2.75) is 77.2 Å². The van der Waals surface area contributed by atoms with Gasteiger partial charge in [-0.3, -0.25) is 14.4 Å². The van der Waals surface area contributed by atoms with Crippen molar-refractivity contribution >= 4 is 23.2 Å². The number of esters is 1. The van der Waals surface area contributed by atoms with Gasteiger partial charge in [0.1, 0.15) is 0 Å². The number of benzene rings is 1. The number of ketones is 2. The number of allylic oxidation sites excluding steroid dienone is 4. The fourth-order valence-corrected chi connectivity index (χ4v) is 7.93. The van der Waals surface area contributed by atoms with Crippen LogP contribution in [-0.4, -0.2) is 37.2 Å². The maximum atomic E-state index is 13.4. The molecule has 4 aliphatic carbocycles. The summed E-state index contributed by atoms with van der Waals surface area (Å²) in [4.78, 5) is 40.4. The molecule has 0 unspecified atom stereocenters. The number of ether oxygens (including phenoxy) is 1. The molecule has 0 spiro atoms. The topological polar surface area (TPSA) is 63.7 Å². The van der Waals surface area contributed by atoms with Gasteiger partial charge in [-0.2, -0.15) is 0 Å². The highest BCUT2D eigenvalue weighted by atomic mass is 16.6. The first-order valence-electron chi connectivity index (χ1n) is 14.3. The number of carbonyl (C=O) groups is 3. The molecule has 5 atom stereocenters. The van der Waals surface area contributed by atoms with Gasteiger partial charge in [0.05, 0.1) is 0 Å². The van der Waals surface area contributed by atoms with Crippen molar-refractivity contribution in [2.24, 2.45) is 17.3 Å². The van der Waals surface area contributed by atoms with Crippen molar-refractivity contribution in [3.05, 3.63) is 52.6 Å². The summed E-state index contributed by atoms with van der Waals surface area (Å²) in [5, 5.41) is 0. The fraction of sp³-hybridized carbons (Fsp3) is 0.567. The van der Waals surface area contributed by atoms with E-state index in [2.05, 4.69) is 24.3 Å². The number of Topliss-reactive ketones (excluding diaryl/α,β-unsaturated/α-hetero) is 1. The largest absolute Gasteiger partial charge is 0.451 e. The Labute approximate surface area is 212 Å². The van der Waals surface area contributed by atoms with E-state index in [-0.39, 0.29) is 29.3 Å². The van der Waals surface area contributed by atoms with Crippen LogP contribution in [0.4, 0.5) is 5.69 Å². The summed E-state index contributed by atoms with van der Waals surface area (Å²) < 4.78 is 28.7. The third kappa shape index (κ3) is 3.61. The zero-order valence-corrected chi connectivity index (χ0v) is 21.1. The number of carbonyl (C=O) groups excluding carboxylic acids is 3. The Morgan fingerprint density at radius 2 is 1.86 bits per heavy atom. The van der Waals surface area contributed by atoms with Crippen LogP contribution in [0.15, 0.2) is 47.1 Å². The van der Waals surface area contributed by atoms with Gasteiger partial charge in [-0.15, -0.1) is 0 Å². The second-order valence-corrected chi connectivity index (χ2v) is 11.3. The number of nitrogens with zero attached hydrogens (tertiary/aromatic N) is 1. The molecule has 35 heavy (non-hydrogen) atoms. The van der Waals surface area contributed by atoms with Crippen LogP contribution in [0.5, 0.6) is 0 Å². The van der Waals surface area contributed by atoms with Crippen LogP contribution in [0.2, 0.25) is 0 Å². The Balaban J connectivity index is 1.67. The summed E-state index contributed by atoms with van der Waals surface area (Å²) in [6.45, 7) is 0.542. The lowest BCUT2D eigenvalue weighted by Crippen LogP contribution is -2.57. The summed E-state index contributed by atoms with van der Waals surface area (Å²) in [5.74, 6) is -1.16. The van der Waals surface area contributed by atoms with Gasteiger partial charge in [-0.1, -0.05) is 24.6 Å². The Kier molecular flexibility index (Phi) is 4.95. The van der Waals surface area contributed by atoms with Crippen LogP contribution in [-0.2, 0) is 19.1 Å². The molecular formula is C30H37NO4. The highest BCUT2D eigenvalue weighted by Crippen LogP contribution is 2.67. The molecule has 2 fully saturated rings. The second kappa shape index (κ2) is 8.46. The number of rotatable bonds is 4. The van der Waals surface area contributed by atoms with E-state index in [0.29, 0.717) is 25.7 Å². The number of hydrogen-bond donors (Lipinski definition) is 0. The van der Waals surface area contributed by atoms with Crippen molar-refractivity contribution < 1.29 is 23.2 Å². The molecule has 5 nitrogen and oxygen atoms in total. The summed E-state index contributed by atoms with van der Waals surface area (Å²) in [7, 11) is 4.00. The van der Waals surface area contributed by atoms with Crippen LogP contribution in [0.1, 0.15) is 81.2 Å². The minimum Gasteiger partial charge on any atom is -0.451 e. The van der Waals surface area contributed by atoms with Gasteiger partial charge < -0.3 is 9.64 Å². The van der Waals surface area contributed by atoms with Crippen molar-refractivity contribution in [3.63, 3.8) is 0 Å². The monoisotopic (exact) mass is 478 g/mol. The van der Waals surface area contributed by atoms with E-state index in [0.717, 1.165) is 36.1 Å². The minimum absolute atomic E-state index is 0.0207. The predicted molar refractivity (Wildman–Crippen MR) is 136 cm³/mol. The number of fused-ring (bicyclic) bond motifs is 4. The Hall–Kier alpha value is -2.69. The van der Waals surface area contributed by atoms with Crippen LogP contribution < -0.4 is 4.90 Å². The summed E-state index contributed by atoms with van der Waals surface area (Å²) in [6, 6.07) is 8.46. The zero-order chi connectivity index (χ0) is 27.6. The number of hydrogen-bond acceptors (Lipinski definition) is 5. The van der Waals surface area contributed by atoms with Gasteiger partial charge in [-0.05, 0) is 92.2 Å². The van der Waals surface area contributed by atoms with Gasteiger partial charge in [-0.25, -0.2) is 0 Å². The van der Waals surface area contributed by atoms with Gasteiger partial charge >= 0.3 is 5.97 Å². The van der Waals surface area contributed by atoms with Crippen LogP contribution in [0.3, 0.4) is 0 Å². The van der Waals surface area contributed by atoms with Crippen LogP contribution in [0.25, 0.3) is 0 Å². The molecular weight excluding hydrogens is 438 g/mol. The summed E-state index contributed by atoms with van der Waals surface area (Å²) in [5.41, 5.74) is 3.84. The first-order valence-corrected chi connectivity index (χ1v) is 12.8. The molecule has 0 N–H and O–H groups in total. The molecule has 0 heterocycles. The van der Waals surface area contributed by atoms with E-state index in [9.17, 15) is 14.4 Å². The first kappa shape index (κ1) is 20.5. The maximum absolute atomic E-state index is 13.4. The molecule has 0 amide bonds. The lowest BCUT2D eigenvalue weighted by atomic mass is 9.50. The highest BCUT2D eigenvalue weighted by molar-refractivity contribution is 5.93. The van der Waals surface area contributed by atoms with E-state index in [1.54, 1.807) is 0 Å². The molecule has 2 saturated carbocycles. The molecule has 0 saturated heterocycles. The molecule has 0 aliphatic heterocycles. The first-order chi connectivity index (χ1) is 17.8. The van der Waals surface area contributed by atoms with Crippen molar-refractivity contribution in [1.29, 1.82) is 0 Å². The fourth-order valence-electron chi connectivity index (χ4n) is 7.93. The predicted octanol–water partition coefficient (Wildman–Crippen LogP) is 5.54. The molecule has 5 heteroatoms. The average Bonchev–Trinajstić information content (AvgIpc) is 3.15. The zero-order valence-electron chi connectivity index (χ0n) is 24.1. The smallest absolute Gasteiger partial charge is 0.303 e. The van der Waals surface area contributed by atoms with E-state index in [1.165, 1.54) is 18.1 Å². The standard InChI is InChI=1S/C30H37NO4/c1-18(32)30(35-19(2)33)15-14-27-25-12-8-21-16-23(34)11-13-24(21)28(25)26(17-29(27,30)3)20-6-9-22(10-7-20)31(4)5/h6-7,9-10,16,25-27H,8,11-15,17H2,1-5H3/t25-,26+,27-,29-,30-/m0/s1/i2D3. The highest BCUT2D eigenvalue weighted by Gasteiger charge is 2.67. The van der Waals surface area contributed by atoms with Gasteiger partial charge in [0.2, 0.25) is 0 Å². The third-order valence-electron chi connectivity index (χ3n) is 9.50. The van der Waals surface area contributed by atoms with E-state index in [4.69, 9.17) is 8.85 Å². The van der Waals surface area contributed by atoms with Gasteiger partial charge in [0.25, 0.3) is 0 Å². The van der Waals surface area contributed by atoms with Crippen LogP contribution >= 0.6 is 0 Å². The molecule has 5 rings (SSSR count). The van der Waals surface area contributed by atoms with Gasteiger partial charge in [0, 0.05) is 48.5 Å². The lowest BCUT2D eigenvalue weighted by molar-refractivity contribution is -0.182. The SMILES string of the molecule is [2H]C([2H])([2H])C(=O)O[C@]1(C(C)=O)CC[C@H]2[C@@H]3CCC4=CC(=O)CCC4=C3[C@@H](c3ccc(N(C)C)cc3)C[C@@]21C. The van der Waals surface area contributed by atoms with Crippen molar-refractivity contribution in [3.8, 4) is 0 Å². The summed E-state index contributed by atoms with van der Waals surface area (Å²) >= 11 is 0. The second-order valence-electron chi connectivity index (χ2n) is 11.3. The van der Waals surface area contributed by atoms with E-state index < -0.39 is 23.8 Å². The van der Waals surface area contributed by atoms with E-state index >= 15 is 0 Å². The Bertz CT molecular complexity index is 1240. The molecule has 186 valence electrons. The maximum Gasteiger partial charge on any atom is 0.303 e. The van der Waals surface area contributed by atoms with Crippen molar-refractivity contribution in [1.82, 2.24) is 0 Å². The van der Waals surface area contributed by atoms with E-state index in [1.807, 2.05) is 32.0 Å². The molecule has 0 radical (unpaired) electrons. The molecule has 1 aromatic rings. The minimum atomic E-state index is -2.93. The quantitative estimate of drug-likeness (QED) is 0.532. The Morgan fingerprint density at radius 1 is 1.11 bits per heavy atom. The van der Waals surface area contributed by atoms with Gasteiger partial charge in [0.15, 0.2) is 17.2 Å². The molecule has 1 aromatic carbocycles. The average molecular weight is 479 g/mol. The molecule has 0 aromatic heterocycles. The third-order valence-corrected chi connectivity index (χ3v) is 9.50. The molecule has 4 aliphatic rings. The van der Waals surface area contributed by atoms with Crippen molar-refractivity contribution in [2.75, 3.05) is 19.0 Å².